The van der Waals surface area contributed by atoms with Crippen LogP contribution < -0.4 is 10.2 Å². The van der Waals surface area contributed by atoms with Gasteiger partial charge in [0.05, 0.1) is 22.9 Å². The SMILES string of the molecule is O=C(CN1CCN(c2cc3c(nn2)CCC3)CC1)Nc1ccccc1Cl. The number of halogens is 1. The summed E-state index contributed by atoms with van der Waals surface area (Å²) >= 11 is 6.09. The van der Waals surface area contributed by atoms with E-state index in [1.165, 1.54) is 12.0 Å². The maximum absolute atomic E-state index is 12.3. The molecule has 136 valence electrons. The second kappa shape index (κ2) is 7.60. The van der Waals surface area contributed by atoms with E-state index in [1.54, 1.807) is 6.07 Å². The van der Waals surface area contributed by atoms with Crippen LogP contribution in [0.1, 0.15) is 17.7 Å². The van der Waals surface area contributed by atoms with Crippen LogP contribution >= 0.6 is 11.6 Å². The molecular weight excluding hydrogens is 350 g/mol. The van der Waals surface area contributed by atoms with E-state index in [4.69, 9.17) is 11.6 Å². The molecule has 2 heterocycles. The van der Waals surface area contributed by atoms with Crippen molar-refractivity contribution in [3.8, 4) is 0 Å². The van der Waals surface area contributed by atoms with Crippen molar-refractivity contribution >= 4 is 29.0 Å². The lowest BCUT2D eigenvalue weighted by molar-refractivity contribution is -0.117. The monoisotopic (exact) mass is 371 g/mol. The van der Waals surface area contributed by atoms with Crippen LogP contribution in [0.3, 0.4) is 0 Å². The number of aryl methyl sites for hydroxylation is 2. The fourth-order valence-electron chi connectivity index (χ4n) is 3.56. The van der Waals surface area contributed by atoms with Gasteiger partial charge >= 0.3 is 0 Å². The second-order valence-electron chi connectivity index (χ2n) is 6.82. The number of rotatable bonds is 4. The number of amides is 1. The molecule has 1 aliphatic carbocycles. The van der Waals surface area contributed by atoms with Crippen molar-refractivity contribution in [2.75, 3.05) is 42.9 Å². The Morgan fingerprint density at radius 2 is 1.92 bits per heavy atom. The second-order valence-corrected chi connectivity index (χ2v) is 7.23. The lowest BCUT2D eigenvalue weighted by Crippen LogP contribution is -2.49. The number of carbonyl (C=O) groups is 1. The number of para-hydroxylation sites is 1. The van der Waals surface area contributed by atoms with Crippen molar-refractivity contribution in [1.82, 2.24) is 15.1 Å². The topological polar surface area (TPSA) is 61.4 Å². The summed E-state index contributed by atoms with van der Waals surface area (Å²) in [5.41, 5.74) is 3.16. The Balaban J connectivity index is 1.30. The predicted molar refractivity (Wildman–Crippen MR) is 103 cm³/mol. The quantitative estimate of drug-likeness (QED) is 0.894. The number of hydrogen-bond acceptors (Lipinski definition) is 5. The highest BCUT2D eigenvalue weighted by molar-refractivity contribution is 6.33. The molecule has 2 aliphatic rings. The Labute approximate surface area is 158 Å². The van der Waals surface area contributed by atoms with Gasteiger partial charge in [-0.3, -0.25) is 9.69 Å². The number of carbonyl (C=O) groups excluding carboxylic acids is 1. The molecule has 4 rings (SSSR count). The Hall–Kier alpha value is -2.18. The number of hydrogen-bond donors (Lipinski definition) is 1. The number of fused-ring (bicyclic) bond motifs is 1. The van der Waals surface area contributed by atoms with Gasteiger partial charge in [0, 0.05) is 26.2 Å². The smallest absolute Gasteiger partial charge is 0.238 e. The number of aromatic nitrogens is 2. The van der Waals surface area contributed by atoms with E-state index >= 15 is 0 Å². The van der Waals surface area contributed by atoms with E-state index < -0.39 is 0 Å². The first-order valence-electron chi connectivity index (χ1n) is 9.06. The van der Waals surface area contributed by atoms with Gasteiger partial charge < -0.3 is 10.2 Å². The molecule has 0 atom stereocenters. The fourth-order valence-corrected chi connectivity index (χ4v) is 3.75. The minimum atomic E-state index is -0.0381. The van der Waals surface area contributed by atoms with E-state index in [1.807, 2.05) is 18.2 Å². The molecule has 0 spiro atoms. The van der Waals surface area contributed by atoms with Gasteiger partial charge in [-0.2, -0.15) is 5.10 Å². The third kappa shape index (κ3) is 3.81. The molecular formula is C19H22ClN5O. The van der Waals surface area contributed by atoms with Crippen molar-refractivity contribution in [2.24, 2.45) is 0 Å². The Kier molecular flexibility index (Phi) is 5.04. The van der Waals surface area contributed by atoms with Gasteiger partial charge in [0.1, 0.15) is 0 Å². The van der Waals surface area contributed by atoms with Crippen LogP contribution in [0, 0.1) is 0 Å². The molecule has 0 bridgehead atoms. The van der Waals surface area contributed by atoms with Gasteiger partial charge in [0.2, 0.25) is 5.91 Å². The van der Waals surface area contributed by atoms with Gasteiger partial charge in [-0.05, 0) is 43.0 Å². The number of piperazine rings is 1. The summed E-state index contributed by atoms with van der Waals surface area (Å²) in [5, 5.41) is 12.2. The van der Waals surface area contributed by atoms with Gasteiger partial charge in [-0.25, -0.2) is 0 Å². The molecule has 26 heavy (non-hydrogen) atoms. The molecule has 1 aromatic carbocycles. The van der Waals surface area contributed by atoms with Gasteiger partial charge in [0.15, 0.2) is 5.82 Å². The predicted octanol–water partition coefficient (Wildman–Crippen LogP) is 2.38. The van der Waals surface area contributed by atoms with Gasteiger partial charge in [-0.15, -0.1) is 5.10 Å². The lowest BCUT2D eigenvalue weighted by Gasteiger charge is -2.34. The first-order chi connectivity index (χ1) is 12.7. The summed E-state index contributed by atoms with van der Waals surface area (Å²) in [6, 6.07) is 9.48. The zero-order chi connectivity index (χ0) is 17.9. The molecule has 1 N–H and O–H groups in total. The normalized spacial score (nSPS) is 17.2. The third-order valence-electron chi connectivity index (χ3n) is 5.02. The van der Waals surface area contributed by atoms with Crippen molar-refractivity contribution in [2.45, 2.75) is 19.3 Å². The summed E-state index contributed by atoms with van der Waals surface area (Å²) in [7, 11) is 0. The maximum atomic E-state index is 12.3. The molecule has 0 radical (unpaired) electrons. The van der Waals surface area contributed by atoms with Crippen LogP contribution in [0.2, 0.25) is 5.02 Å². The molecule has 1 aliphatic heterocycles. The zero-order valence-electron chi connectivity index (χ0n) is 14.6. The average Bonchev–Trinajstić information content (AvgIpc) is 3.12. The number of nitrogens with zero attached hydrogens (tertiary/aromatic N) is 4. The molecule has 6 nitrogen and oxygen atoms in total. The number of nitrogens with one attached hydrogen (secondary N) is 1. The van der Waals surface area contributed by atoms with Crippen LogP contribution in [-0.4, -0.2) is 53.7 Å². The van der Waals surface area contributed by atoms with Crippen molar-refractivity contribution in [3.63, 3.8) is 0 Å². The highest BCUT2D eigenvalue weighted by Gasteiger charge is 2.22. The van der Waals surface area contributed by atoms with Gasteiger partial charge in [0.25, 0.3) is 0 Å². The Morgan fingerprint density at radius 1 is 1.12 bits per heavy atom. The molecule has 0 saturated carbocycles. The fraction of sp³-hybridized carbons (Fsp3) is 0.421. The van der Waals surface area contributed by atoms with Crippen LogP contribution in [0.15, 0.2) is 30.3 Å². The van der Waals surface area contributed by atoms with E-state index in [0.29, 0.717) is 17.3 Å². The average molecular weight is 372 g/mol. The van der Waals surface area contributed by atoms with Gasteiger partial charge in [-0.1, -0.05) is 23.7 Å². The molecule has 2 aromatic rings. The first kappa shape index (κ1) is 17.2. The Morgan fingerprint density at radius 3 is 2.73 bits per heavy atom. The van der Waals surface area contributed by atoms with Crippen molar-refractivity contribution in [3.05, 3.63) is 46.6 Å². The summed E-state index contributed by atoms with van der Waals surface area (Å²) in [4.78, 5) is 16.7. The first-order valence-corrected chi connectivity index (χ1v) is 9.44. The minimum Gasteiger partial charge on any atom is -0.353 e. The van der Waals surface area contributed by atoms with Crippen molar-refractivity contribution < 1.29 is 4.79 Å². The highest BCUT2D eigenvalue weighted by atomic mass is 35.5. The molecule has 1 fully saturated rings. The van der Waals surface area contributed by atoms with Crippen LogP contribution in [0.5, 0.6) is 0 Å². The summed E-state index contributed by atoms with van der Waals surface area (Å²) in [6.07, 6.45) is 3.35. The van der Waals surface area contributed by atoms with Crippen LogP contribution in [-0.2, 0) is 17.6 Å². The molecule has 1 amide bonds. The summed E-state index contributed by atoms with van der Waals surface area (Å²) in [5.74, 6) is 0.926. The number of anilines is 2. The van der Waals surface area contributed by atoms with Crippen molar-refractivity contribution in [1.29, 1.82) is 0 Å². The van der Waals surface area contributed by atoms with E-state index in [0.717, 1.165) is 50.5 Å². The Bertz CT molecular complexity index is 804. The third-order valence-corrected chi connectivity index (χ3v) is 5.35. The van der Waals surface area contributed by atoms with Crippen LogP contribution in [0.4, 0.5) is 11.5 Å². The minimum absolute atomic E-state index is 0.0381. The van der Waals surface area contributed by atoms with Crippen LogP contribution in [0.25, 0.3) is 0 Å². The standard InChI is InChI=1S/C19H22ClN5O/c20-15-5-1-2-6-17(15)21-19(26)13-24-8-10-25(11-9-24)18-12-14-4-3-7-16(14)22-23-18/h1-2,5-6,12H,3-4,7-11,13H2,(H,21,26). The molecule has 0 unspecified atom stereocenters. The molecule has 1 saturated heterocycles. The summed E-state index contributed by atoms with van der Waals surface area (Å²) < 4.78 is 0. The lowest BCUT2D eigenvalue weighted by atomic mass is 10.2. The van der Waals surface area contributed by atoms with E-state index in [9.17, 15) is 4.79 Å². The largest absolute Gasteiger partial charge is 0.353 e. The summed E-state index contributed by atoms with van der Waals surface area (Å²) in [6.45, 7) is 3.73. The zero-order valence-corrected chi connectivity index (χ0v) is 15.4. The molecule has 1 aromatic heterocycles. The maximum Gasteiger partial charge on any atom is 0.238 e. The highest BCUT2D eigenvalue weighted by Crippen LogP contribution is 2.23. The molecule has 7 heteroatoms. The van der Waals surface area contributed by atoms with E-state index in [2.05, 4.69) is 31.4 Å². The number of benzene rings is 1. The van der Waals surface area contributed by atoms with E-state index in [-0.39, 0.29) is 5.91 Å².